The van der Waals surface area contributed by atoms with Gasteiger partial charge in [-0.1, -0.05) is 42.6 Å². The van der Waals surface area contributed by atoms with E-state index in [2.05, 4.69) is 6.58 Å². The highest BCUT2D eigenvalue weighted by atomic mass is 32.2. The third-order valence-electron chi connectivity index (χ3n) is 6.71. The fourth-order valence-electron chi connectivity index (χ4n) is 4.95. The molecule has 2 atom stereocenters. The van der Waals surface area contributed by atoms with Gasteiger partial charge < -0.3 is 24.0 Å². The Labute approximate surface area is 227 Å². The molecule has 1 saturated heterocycles. The summed E-state index contributed by atoms with van der Waals surface area (Å²) in [6.07, 6.45) is 3.06. The third-order valence-corrected chi connectivity index (χ3v) is 7.60. The average Bonchev–Trinajstić information content (AvgIpc) is 3.32. The minimum absolute atomic E-state index is 0.0668. The topological polar surface area (TPSA) is 97.7 Å². The number of para-hydroxylation sites is 1. The van der Waals surface area contributed by atoms with Crippen molar-refractivity contribution < 1.29 is 28.6 Å². The molecule has 0 saturated carbocycles. The number of likely N-dealkylation sites (tertiary alicyclic amines) is 1. The molecule has 3 aliphatic heterocycles. The monoisotopic (exact) mass is 539 g/mol. The number of amidine groups is 1. The highest BCUT2D eigenvalue weighted by Gasteiger charge is 2.42. The number of methoxy groups -OCH3 is 1. The molecule has 0 aromatic heterocycles. The van der Waals surface area contributed by atoms with E-state index in [1.807, 2.05) is 34.6 Å². The summed E-state index contributed by atoms with van der Waals surface area (Å²) in [5.74, 6) is -0.558. The number of allylic oxidation sites excluding steroid dienone is 1. The third kappa shape index (κ3) is 5.65. The van der Waals surface area contributed by atoms with Gasteiger partial charge in [-0.15, -0.1) is 0 Å². The lowest BCUT2D eigenvalue weighted by Gasteiger charge is -2.37. The van der Waals surface area contributed by atoms with E-state index >= 15 is 0 Å². The number of carbonyl (C=O) groups is 3. The first kappa shape index (κ1) is 27.5. The highest BCUT2D eigenvalue weighted by molar-refractivity contribution is 8.16. The summed E-state index contributed by atoms with van der Waals surface area (Å²) >= 11 is 1.41. The smallest absolute Gasteiger partial charge is 0.338 e. The number of ether oxygens (including phenoxy) is 3. The maximum absolute atomic E-state index is 13.5. The lowest BCUT2D eigenvalue weighted by molar-refractivity contribution is -0.151. The van der Waals surface area contributed by atoms with Crippen LogP contribution in [0.1, 0.15) is 44.7 Å². The van der Waals surface area contributed by atoms with E-state index in [0.29, 0.717) is 48.3 Å². The van der Waals surface area contributed by atoms with Gasteiger partial charge in [0.15, 0.2) is 5.17 Å². The average molecular weight is 540 g/mol. The van der Waals surface area contributed by atoms with Crippen LogP contribution in [-0.4, -0.2) is 66.2 Å². The van der Waals surface area contributed by atoms with Crippen LogP contribution in [0.2, 0.25) is 0 Å². The van der Waals surface area contributed by atoms with Gasteiger partial charge in [0.05, 0.1) is 43.4 Å². The number of benzene rings is 1. The Balaban J connectivity index is 1.64. The fourth-order valence-corrected chi connectivity index (χ4v) is 5.92. The van der Waals surface area contributed by atoms with Gasteiger partial charge >= 0.3 is 11.9 Å². The van der Waals surface area contributed by atoms with Crippen molar-refractivity contribution in [2.75, 3.05) is 33.4 Å². The van der Waals surface area contributed by atoms with Gasteiger partial charge in [0.1, 0.15) is 12.4 Å². The highest BCUT2D eigenvalue weighted by Crippen LogP contribution is 2.47. The van der Waals surface area contributed by atoms with Crippen LogP contribution >= 0.6 is 11.8 Å². The number of thioether (sulfide) groups is 1. The van der Waals surface area contributed by atoms with E-state index in [-0.39, 0.29) is 30.8 Å². The summed E-state index contributed by atoms with van der Waals surface area (Å²) in [5, 5.41) is 2.57. The summed E-state index contributed by atoms with van der Waals surface area (Å²) in [6, 6.07) is 6.88. The Morgan fingerprint density at radius 3 is 2.76 bits per heavy atom. The lowest BCUT2D eigenvalue weighted by Crippen LogP contribution is -2.44. The van der Waals surface area contributed by atoms with Crippen molar-refractivity contribution in [3.63, 3.8) is 0 Å². The second-order valence-electron chi connectivity index (χ2n) is 9.13. The summed E-state index contributed by atoms with van der Waals surface area (Å²) in [7, 11) is 1.58. The zero-order valence-corrected chi connectivity index (χ0v) is 22.8. The summed E-state index contributed by atoms with van der Waals surface area (Å²) in [6.45, 7) is 8.51. The van der Waals surface area contributed by atoms with Gasteiger partial charge in [-0.05, 0) is 38.2 Å². The number of esters is 2. The van der Waals surface area contributed by atoms with Gasteiger partial charge in [0.2, 0.25) is 5.91 Å². The van der Waals surface area contributed by atoms with Gasteiger partial charge in [-0.2, -0.15) is 0 Å². The first-order valence-electron chi connectivity index (χ1n) is 12.7. The van der Waals surface area contributed by atoms with Gasteiger partial charge in [-0.25, -0.2) is 9.79 Å². The molecule has 10 heteroatoms. The van der Waals surface area contributed by atoms with Crippen LogP contribution in [0.3, 0.4) is 0 Å². The number of fused-ring (bicyclic) bond motifs is 1. The predicted octanol–water partition coefficient (Wildman–Crippen LogP) is 4.19. The van der Waals surface area contributed by atoms with E-state index in [0.717, 1.165) is 17.7 Å². The number of piperidine rings is 1. The maximum Gasteiger partial charge on any atom is 0.338 e. The van der Waals surface area contributed by atoms with Crippen molar-refractivity contribution in [1.29, 1.82) is 0 Å². The molecule has 4 rings (SSSR count). The maximum atomic E-state index is 13.5. The predicted molar refractivity (Wildman–Crippen MR) is 145 cm³/mol. The largest absolute Gasteiger partial charge is 0.496 e. The summed E-state index contributed by atoms with van der Waals surface area (Å²) < 4.78 is 16.3. The Bertz CT molecular complexity index is 1210. The number of nitrogens with zero attached hydrogens (tertiary/aromatic N) is 3. The molecule has 1 fully saturated rings. The summed E-state index contributed by atoms with van der Waals surface area (Å²) in [5.41, 5.74) is 2.40. The molecule has 0 aliphatic carbocycles. The van der Waals surface area contributed by atoms with E-state index in [1.54, 1.807) is 25.9 Å². The number of hydrogen-bond acceptors (Lipinski definition) is 9. The van der Waals surface area contributed by atoms with Gasteiger partial charge in [0.25, 0.3) is 0 Å². The van der Waals surface area contributed by atoms with E-state index in [4.69, 9.17) is 19.2 Å². The molecular weight excluding hydrogens is 506 g/mol. The quantitative estimate of drug-likeness (QED) is 0.340. The normalized spacial score (nSPS) is 20.8. The van der Waals surface area contributed by atoms with E-state index in [1.165, 1.54) is 17.8 Å². The molecule has 1 aromatic carbocycles. The van der Waals surface area contributed by atoms with Crippen molar-refractivity contribution in [2.45, 2.75) is 39.2 Å². The van der Waals surface area contributed by atoms with Crippen molar-refractivity contribution in [1.82, 2.24) is 9.80 Å². The van der Waals surface area contributed by atoms with Gasteiger partial charge in [0, 0.05) is 24.4 Å². The zero-order valence-electron chi connectivity index (χ0n) is 22.0. The second kappa shape index (κ2) is 12.3. The Morgan fingerprint density at radius 1 is 1.24 bits per heavy atom. The number of hydrogen-bond donors (Lipinski definition) is 0. The van der Waals surface area contributed by atoms with Crippen LogP contribution in [0.5, 0.6) is 5.75 Å². The molecule has 0 N–H and O–H groups in total. The van der Waals surface area contributed by atoms with Gasteiger partial charge in [-0.3, -0.25) is 9.59 Å². The van der Waals surface area contributed by atoms with Crippen LogP contribution in [0, 0.1) is 5.92 Å². The molecule has 0 spiro atoms. The Kier molecular flexibility index (Phi) is 8.93. The van der Waals surface area contributed by atoms with Crippen LogP contribution in [0.25, 0.3) is 0 Å². The van der Waals surface area contributed by atoms with Crippen LogP contribution in [-0.2, 0) is 23.9 Å². The molecule has 0 unspecified atom stereocenters. The number of carbonyl (C=O) groups excluding carboxylic acids is 3. The van der Waals surface area contributed by atoms with Crippen molar-refractivity contribution in [3.05, 3.63) is 64.9 Å². The number of rotatable bonds is 9. The molecule has 3 aliphatic rings. The Morgan fingerprint density at radius 2 is 2.03 bits per heavy atom. The molecule has 202 valence electrons. The molecule has 1 aromatic rings. The Hall–Kier alpha value is -3.53. The number of amides is 1. The second-order valence-corrected chi connectivity index (χ2v) is 9.97. The van der Waals surface area contributed by atoms with Crippen molar-refractivity contribution >= 4 is 34.8 Å². The molecule has 38 heavy (non-hydrogen) atoms. The number of aliphatic imine (C=N–C) groups is 1. The lowest BCUT2D eigenvalue weighted by atomic mass is 9.93. The van der Waals surface area contributed by atoms with Crippen molar-refractivity contribution in [2.24, 2.45) is 10.9 Å². The van der Waals surface area contributed by atoms with E-state index in [9.17, 15) is 14.4 Å². The molecule has 9 nitrogen and oxygen atoms in total. The summed E-state index contributed by atoms with van der Waals surface area (Å²) in [4.78, 5) is 47.4. The first-order chi connectivity index (χ1) is 18.4. The molecule has 1 amide bonds. The van der Waals surface area contributed by atoms with Crippen molar-refractivity contribution in [3.8, 4) is 5.75 Å². The minimum atomic E-state index is -0.598. The standard InChI is InChI=1S/C28H33N3O6S/c1-5-14-37-27(34)24-18(3)29-28-31(25(24)21-11-7-8-12-22(21)35-4)20(17-38-28)15-23(32)30-13-9-10-19(16-30)26(33)36-6-2/h5,7-8,11-12,17,19,25H,1,6,9-10,13-16H2,2-4H3/t19-,25-/m0/s1. The molecule has 3 heterocycles. The van der Waals surface area contributed by atoms with Crippen LogP contribution < -0.4 is 4.74 Å². The molecule has 0 radical (unpaired) electrons. The first-order valence-corrected chi connectivity index (χ1v) is 13.6. The molecular formula is C28H33N3O6S. The SMILES string of the molecule is C=CCOC(=O)C1=C(C)N=C2SC=C(CC(=O)N3CCC[C@H](C(=O)OCC)C3)N2[C@H]1c1ccccc1OC. The zero-order chi connectivity index (χ0) is 27.2. The van der Waals surface area contributed by atoms with Crippen LogP contribution in [0.4, 0.5) is 0 Å². The fraction of sp³-hybridized carbons (Fsp3) is 0.429. The van der Waals surface area contributed by atoms with Crippen LogP contribution in [0.15, 0.2) is 64.3 Å². The van der Waals surface area contributed by atoms with E-state index < -0.39 is 12.0 Å². The minimum Gasteiger partial charge on any atom is -0.496 e. The molecule has 0 bridgehead atoms.